The zero-order chi connectivity index (χ0) is 18.3. The maximum Gasteiger partial charge on any atom is 0.467 e. The molecule has 1 aliphatic heterocycles. The van der Waals surface area contributed by atoms with Crippen LogP contribution in [-0.2, 0) is 13.7 Å². The van der Waals surface area contributed by atoms with E-state index >= 15 is 0 Å². The van der Waals surface area contributed by atoms with Crippen LogP contribution in [0, 0.1) is 0 Å². The fraction of sp³-hybridized carbons (Fsp3) is 0.875. The van der Waals surface area contributed by atoms with Crippen LogP contribution in [0.2, 0.25) is 23.9 Å². The van der Waals surface area contributed by atoms with Crippen molar-refractivity contribution in [2.75, 3.05) is 6.61 Å². The summed E-state index contributed by atoms with van der Waals surface area (Å²) in [5, 5.41) is 0.0193. The predicted molar refractivity (Wildman–Crippen MR) is 93.3 cm³/mol. The van der Waals surface area contributed by atoms with E-state index in [0.717, 1.165) is 6.08 Å². The van der Waals surface area contributed by atoms with E-state index in [1.165, 1.54) is 0 Å². The van der Waals surface area contributed by atoms with Gasteiger partial charge in [-0.15, -0.1) is 0 Å². The highest BCUT2D eigenvalue weighted by Crippen LogP contribution is 2.42. The van der Waals surface area contributed by atoms with Crippen LogP contribution in [0.15, 0.2) is 12.2 Å². The lowest BCUT2D eigenvalue weighted by molar-refractivity contribution is 0.00578. The molecule has 1 rings (SSSR count). The lowest BCUT2D eigenvalue weighted by atomic mass is 9.72. The second kappa shape index (κ2) is 6.58. The molecule has 0 aromatic heterocycles. The fourth-order valence-corrected chi connectivity index (χ4v) is 2.99. The van der Waals surface area contributed by atoms with E-state index in [4.69, 9.17) is 13.7 Å². The van der Waals surface area contributed by atoms with Crippen LogP contribution in [0.4, 0.5) is 8.78 Å². The molecule has 3 nitrogen and oxygen atoms in total. The summed E-state index contributed by atoms with van der Waals surface area (Å²) in [7, 11) is -2.76. The Morgan fingerprint density at radius 2 is 1.57 bits per heavy atom. The van der Waals surface area contributed by atoms with Crippen LogP contribution in [0.25, 0.3) is 0 Å². The Kier molecular flexibility index (Phi) is 5.95. The van der Waals surface area contributed by atoms with E-state index in [-0.39, 0.29) is 11.6 Å². The zero-order valence-electron chi connectivity index (χ0n) is 15.9. The number of halogens is 2. The van der Waals surface area contributed by atoms with Gasteiger partial charge in [0.1, 0.15) is 0 Å². The SMILES string of the molecule is CC1(C)OB([C@@H](C=C(F)F)CO[Si](C)(C)C(C)(C)C)OC1(C)C. The molecule has 0 bridgehead atoms. The van der Waals surface area contributed by atoms with Crippen LogP contribution in [-0.4, -0.2) is 33.2 Å². The van der Waals surface area contributed by atoms with Gasteiger partial charge in [-0.25, -0.2) is 0 Å². The van der Waals surface area contributed by atoms with Crippen LogP contribution in [0.5, 0.6) is 0 Å². The first-order valence-electron chi connectivity index (χ1n) is 8.11. The molecule has 0 N–H and O–H groups in total. The third kappa shape index (κ3) is 4.87. The molecule has 134 valence electrons. The third-order valence-electron chi connectivity index (χ3n) is 5.40. The molecule has 0 spiro atoms. The normalized spacial score (nSPS) is 22.1. The first-order chi connectivity index (χ1) is 10.1. The molecule has 7 heteroatoms. The number of rotatable bonds is 5. The van der Waals surface area contributed by atoms with Crippen molar-refractivity contribution < 1.29 is 22.5 Å². The Labute approximate surface area is 141 Å². The van der Waals surface area contributed by atoms with Gasteiger partial charge in [0.15, 0.2) is 8.32 Å². The van der Waals surface area contributed by atoms with Gasteiger partial charge in [0.05, 0.1) is 11.2 Å². The van der Waals surface area contributed by atoms with Crippen molar-refractivity contribution in [3.8, 4) is 0 Å². The van der Waals surface area contributed by atoms with Gasteiger partial charge in [0.25, 0.3) is 6.08 Å². The fourth-order valence-electron chi connectivity index (χ4n) is 1.95. The Morgan fingerprint density at radius 1 is 1.13 bits per heavy atom. The highest BCUT2D eigenvalue weighted by atomic mass is 28.4. The molecule has 1 atom stereocenters. The molecule has 0 aliphatic carbocycles. The molecule has 0 aromatic rings. The second-order valence-electron chi connectivity index (χ2n) is 8.82. The second-order valence-corrected chi connectivity index (χ2v) is 13.6. The molecule has 0 amide bonds. The summed E-state index contributed by atoms with van der Waals surface area (Å²) in [5.41, 5.74) is -1.10. The lowest BCUT2D eigenvalue weighted by Gasteiger charge is -2.37. The third-order valence-corrected chi connectivity index (χ3v) is 9.90. The smallest absolute Gasteiger partial charge is 0.417 e. The van der Waals surface area contributed by atoms with E-state index < -0.39 is 38.5 Å². The summed E-state index contributed by atoms with van der Waals surface area (Å²) in [4.78, 5) is 0. The molecular formula is C16H31BF2O3Si. The average Bonchev–Trinajstić information content (AvgIpc) is 2.52. The first-order valence-corrected chi connectivity index (χ1v) is 11.0. The highest BCUT2D eigenvalue weighted by Gasteiger charge is 2.54. The average molecular weight is 348 g/mol. The van der Waals surface area contributed by atoms with E-state index in [0.29, 0.717) is 0 Å². The van der Waals surface area contributed by atoms with Crippen LogP contribution in [0.3, 0.4) is 0 Å². The maximum absolute atomic E-state index is 12.9. The van der Waals surface area contributed by atoms with Crippen LogP contribution in [0.1, 0.15) is 48.5 Å². The Morgan fingerprint density at radius 3 is 1.91 bits per heavy atom. The predicted octanol–water partition coefficient (Wildman–Crippen LogP) is 5.25. The first kappa shape index (κ1) is 20.8. The van der Waals surface area contributed by atoms with Crippen molar-refractivity contribution in [1.82, 2.24) is 0 Å². The van der Waals surface area contributed by atoms with Gasteiger partial charge < -0.3 is 13.7 Å². The molecule has 0 saturated carbocycles. The van der Waals surface area contributed by atoms with Gasteiger partial charge in [0, 0.05) is 12.4 Å². The van der Waals surface area contributed by atoms with Gasteiger partial charge in [0.2, 0.25) is 0 Å². The molecule has 23 heavy (non-hydrogen) atoms. The Bertz CT molecular complexity index is 439. The largest absolute Gasteiger partial charge is 0.467 e. The molecule has 1 saturated heterocycles. The summed E-state index contributed by atoms with van der Waals surface area (Å²) >= 11 is 0. The summed E-state index contributed by atoms with van der Waals surface area (Å²) in [6.07, 6.45) is -0.835. The molecule has 0 unspecified atom stereocenters. The van der Waals surface area contributed by atoms with Gasteiger partial charge in [-0.2, -0.15) is 8.78 Å². The topological polar surface area (TPSA) is 27.7 Å². The van der Waals surface area contributed by atoms with E-state index in [1.807, 2.05) is 27.7 Å². The van der Waals surface area contributed by atoms with Crippen molar-refractivity contribution in [3.63, 3.8) is 0 Å². The van der Waals surface area contributed by atoms with E-state index in [9.17, 15) is 8.78 Å². The molecule has 1 heterocycles. The van der Waals surface area contributed by atoms with Crippen molar-refractivity contribution in [1.29, 1.82) is 0 Å². The summed E-state index contributed by atoms with van der Waals surface area (Å²) < 4.78 is 43.7. The molecule has 1 aliphatic rings. The quantitative estimate of drug-likeness (QED) is 0.635. The van der Waals surface area contributed by atoms with Crippen molar-refractivity contribution in [2.24, 2.45) is 0 Å². The minimum Gasteiger partial charge on any atom is -0.417 e. The van der Waals surface area contributed by atoms with E-state index in [2.05, 4.69) is 33.9 Å². The van der Waals surface area contributed by atoms with Gasteiger partial charge >= 0.3 is 7.12 Å². The minimum atomic E-state index is -2.03. The summed E-state index contributed by atoms with van der Waals surface area (Å²) in [6.45, 7) is 18.4. The summed E-state index contributed by atoms with van der Waals surface area (Å²) in [6, 6.07) is 0. The lowest BCUT2D eigenvalue weighted by Crippen LogP contribution is -2.42. The van der Waals surface area contributed by atoms with Gasteiger partial charge in [-0.1, -0.05) is 20.8 Å². The molecular weight excluding hydrogens is 317 g/mol. The van der Waals surface area contributed by atoms with Gasteiger partial charge in [-0.3, -0.25) is 0 Å². The van der Waals surface area contributed by atoms with Crippen LogP contribution >= 0.6 is 0 Å². The van der Waals surface area contributed by atoms with Gasteiger partial charge in [-0.05, 0) is 51.9 Å². The van der Waals surface area contributed by atoms with Crippen molar-refractivity contribution >= 4 is 15.4 Å². The highest BCUT2D eigenvalue weighted by molar-refractivity contribution is 6.74. The van der Waals surface area contributed by atoms with Crippen LogP contribution < -0.4 is 0 Å². The Hall–Kier alpha value is -0.238. The number of hydrogen-bond acceptors (Lipinski definition) is 3. The van der Waals surface area contributed by atoms with Crippen molar-refractivity contribution in [3.05, 3.63) is 12.2 Å². The van der Waals surface area contributed by atoms with E-state index in [1.54, 1.807) is 0 Å². The standard InChI is InChI=1S/C16H31BF2O3Si/c1-14(2,3)23(8,9)20-11-12(10-13(18)19)17-21-15(4,5)16(6,7)22-17/h10,12H,11H2,1-9H3/t12-/m0/s1. The summed E-state index contributed by atoms with van der Waals surface area (Å²) in [5.74, 6) is -0.629. The maximum atomic E-state index is 12.9. The monoisotopic (exact) mass is 348 g/mol. The van der Waals surface area contributed by atoms with Crippen molar-refractivity contribution in [2.45, 2.75) is 83.6 Å². The molecule has 1 fully saturated rings. The Balaban J connectivity index is 2.90. The zero-order valence-corrected chi connectivity index (χ0v) is 16.9. The minimum absolute atomic E-state index is 0.0193. The molecule has 0 aromatic carbocycles. The number of hydrogen-bond donors (Lipinski definition) is 0. The molecule has 0 radical (unpaired) electrons.